The minimum atomic E-state index is -4.32. The van der Waals surface area contributed by atoms with Crippen LogP contribution in [0.1, 0.15) is 18.0 Å². The summed E-state index contributed by atoms with van der Waals surface area (Å²) in [6.07, 6.45) is -3.25. The summed E-state index contributed by atoms with van der Waals surface area (Å²) in [5.74, 6) is 0.158. The summed E-state index contributed by atoms with van der Waals surface area (Å²) in [7, 11) is 0. The molecule has 1 aromatic rings. The molecule has 0 fully saturated rings. The topological polar surface area (TPSA) is 53.6 Å². The highest BCUT2D eigenvalue weighted by atomic mass is 19.4. The van der Waals surface area contributed by atoms with E-state index in [0.29, 0.717) is 0 Å². The van der Waals surface area contributed by atoms with Crippen molar-refractivity contribution in [3.05, 3.63) is 11.8 Å². The van der Waals surface area contributed by atoms with E-state index >= 15 is 0 Å². The van der Waals surface area contributed by atoms with E-state index in [-0.39, 0.29) is 24.3 Å². The molecule has 0 aromatic carbocycles. The van der Waals surface area contributed by atoms with Gasteiger partial charge in [-0.25, -0.2) is 4.68 Å². The summed E-state index contributed by atoms with van der Waals surface area (Å²) < 4.78 is 38.5. The van der Waals surface area contributed by atoms with Gasteiger partial charge in [-0.05, 0) is 6.42 Å². The van der Waals surface area contributed by atoms with Crippen LogP contribution in [0.3, 0.4) is 0 Å². The number of rotatable bonds is 0. The quantitative estimate of drug-likeness (QED) is 0.717. The number of fused-ring (bicyclic) bond motifs is 1. The molecule has 2 rings (SSSR count). The van der Waals surface area contributed by atoms with E-state index in [1.165, 1.54) is 0 Å². The highest BCUT2D eigenvalue weighted by molar-refractivity contribution is 5.52. The number of hydrogen-bond donors (Lipinski definition) is 1. The van der Waals surface area contributed by atoms with Crippen LogP contribution in [-0.4, -0.2) is 22.5 Å². The zero-order valence-corrected chi connectivity index (χ0v) is 7.54. The van der Waals surface area contributed by atoms with Gasteiger partial charge in [0, 0.05) is 6.54 Å². The van der Waals surface area contributed by atoms with Gasteiger partial charge in [-0.2, -0.15) is 23.5 Å². The second-order valence-electron chi connectivity index (χ2n) is 3.24. The molecule has 0 radical (unpaired) electrons. The van der Waals surface area contributed by atoms with Gasteiger partial charge in [0.1, 0.15) is 17.5 Å². The number of alkyl halides is 3. The summed E-state index contributed by atoms with van der Waals surface area (Å²) in [6.45, 7) is 0.199. The Hall–Kier alpha value is -1.71. The molecule has 0 amide bonds. The standard InChI is InChI=1S/C8H7F3N4/c9-8(10,11)6-1-2-13-7-5(3-12)4-14-15(6)7/h4,6,13H,1-2H2/t6-/m0/s1. The Kier molecular flexibility index (Phi) is 2.07. The lowest BCUT2D eigenvalue weighted by atomic mass is 10.1. The van der Waals surface area contributed by atoms with Crippen molar-refractivity contribution >= 4 is 5.82 Å². The third-order valence-electron chi connectivity index (χ3n) is 2.30. The van der Waals surface area contributed by atoms with Crippen LogP contribution in [0, 0.1) is 11.3 Å². The van der Waals surface area contributed by atoms with E-state index in [9.17, 15) is 13.2 Å². The fraction of sp³-hybridized carbons (Fsp3) is 0.500. The normalized spacial score (nSPS) is 20.3. The molecule has 0 unspecified atom stereocenters. The Balaban J connectivity index is 2.45. The Morgan fingerprint density at radius 2 is 2.33 bits per heavy atom. The summed E-state index contributed by atoms with van der Waals surface area (Å²) in [5.41, 5.74) is 0.143. The number of nitrogens with one attached hydrogen (secondary N) is 1. The zero-order chi connectivity index (χ0) is 11.1. The number of halogens is 3. The van der Waals surface area contributed by atoms with Crippen molar-refractivity contribution in [1.82, 2.24) is 9.78 Å². The molecule has 15 heavy (non-hydrogen) atoms. The highest BCUT2D eigenvalue weighted by Gasteiger charge is 2.44. The molecule has 1 aromatic heterocycles. The molecule has 0 spiro atoms. The lowest BCUT2D eigenvalue weighted by Gasteiger charge is -2.27. The maximum atomic E-state index is 12.6. The SMILES string of the molecule is N#Cc1cnn2c1NCC[C@H]2C(F)(F)F. The van der Waals surface area contributed by atoms with Crippen LogP contribution in [0.15, 0.2) is 6.20 Å². The first-order valence-corrected chi connectivity index (χ1v) is 4.32. The first-order chi connectivity index (χ1) is 7.04. The third kappa shape index (κ3) is 1.52. The predicted molar refractivity (Wildman–Crippen MR) is 45.1 cm³/mol. The monoisotopic (exact) mass is 216 g/mol. The molecule has 0 aliphatic carbocycles. The largest absolute Gasteiger partial charge is 0.410 e. The van der Waals surface area contributed by atoms with Crippen molar-refractivity contribution < 1.29 is 13.2 Å². The summed E-state index contributed by atoms with van der Waals surface area (Å²) in [5, 5.41) is 15.0. The molecule has 1 N–H and O–H groups in total. The van der Waals surface area contributed by atoms with E-state index in [2.05, 4.69) is 10.4 Å². The predicted octanol–water partition coefficient (Wildman–Crippen LogP) is 1.67. The molecule has 1 aliphatic heterocycles. The lowest BCUT2D eigenvalue weighted by molar-refractivity contribution is -0.171. The number of hydrogen-bond acceptors (Lipinski definition) is 3. The van der Waals surface area contributed by atoms with Crippen molar-refractivity contribution in [2.75, 3.05) is 11.9 Å². The zero-order valence-electron chi connectivity index (χ0n) is 7.54. The molecule has 7 heteroatoms. The van der Waals surface area contributed by atoms with Gasteiger partial charge in [-0.3, -0.25) is 0 Å². The highest BCUT2D eigenvalue weighted by Crippen LogP contribution is 2.37. The smallest absolute Gasteiger partial charge is 0.369 e. The number of anilines is 1. The van der Waals surface area contributed by atoms with Gasteiger partial charge < -0.3 is 5.32 Å². The third-order valence-corrected chi connectivity index (χ3v) is 2.30. The number of nitrogens with zero attached hydrogens (tertiary/aromatic N) is 3. The Morgan fingerprint density at radius 3 is 2.93 bits per heavy atom. The average molecular weight is 216 g/mol. The maximum Gasteiger partial charge on any atom is 0.410 e. The van der Waals surface area contributed by atoms with Gasteiger partial charge in [-0.1, -0.05) is 0 Å². The summed E-state index contributed by atoms with van der Waals surface area (Å²) in [6, 6.07) is 0.165. The average Bonchev–Trinajstić information content (AvgIpc) is 2.58. The first kappa shape index (κ1) is 9.83. The fourth-order valence-corrected chi connectivity index (χ4v) is 1.61. The van der Waals surface area contributed by atoms with Crippen molar-refractivity contribution in [3.63, 3.8) is 0 Å². The number of nitriles is 1. The van der Waals surface area contributed by atoms with Crippen LogP contribution >= 0.6 is 0 Å². The molecular formula is C8H7F3N4. The number of aromatic nitrogens is 2. The summed E-state index contributed by atoms with van der Waals surface area (Å²) >= 11 is 0. The van der Waals surface area contributed by atoms with Gasteiger partial charge in [0.15, 0.2) is 6.04 Å². The Bertz CT molecular complexity index is 415. The Labute approximate surface area is 83.3 Å². The molecule has 4 nitrogen and oxygen atoms in total. The molecule has 80 valence electrons. The van der Waals surface area contributed by atoms with E-state index in [1.54, 1.807) is 6.07 Å². The second kappa shape index (κ2) is 3.15. The molecule has 2 heterocycles. The molecule has 0 saturated heterocycles. The van der Waals surface area contributed by atoms with Gasteiger partial charge >= 0.3 is 6.18 Å². The van der Waals surface area contributed by atoms with Crippen LogP contribution in [-0.2, 0) is 0 Å². The summed E-state index contributed by atoms with van der Waals surface area (Å²) in [4.78, 5) is 0. The van der Waals surface area contributed by atoms with E-state index in [1.807, 2.05) is 0 Å². The molecule has 0 bridgehead atoms. The van der Waals surface area contributed by atoms with Gasteiger partial charge in [-0.15, -0.1) is 0 Å². The van der Waals surface area contributed by atoms with Crippen LogP contribution in [0.4, 0.5) is 19.0 Å². The van der Waals surface area contributed by atoms with Crippen molar-refractivity contribution in [2.24, 2.45) is 0 Å². The molecular weight excluding hydrogens is 209 g/mol. The molecule has 0 saturated carbocycles. The van der Waals surface area contributed by atoms with Gasteiger partial charge in [0.2, 0.25) is 0 Å². The second-order valence-corrected chi connectivity index (χ2v) is 3.24. The van der Waals surface area contributed by atoms with E-state index in [0.717, 1.165) is 10.9 Å². The van der Waals surface area contributed by atoms with Crippen LogP contribution in [0.5, 0.6) is 0 Å². The van der Waals surface area contributed by atoms with E-state index < -0.39 is 12.2 Å². The fourth-order valence-electron chi connectivity index (χ4n) is 1.61. The van der Waals surface area contributed by atoms with Crippen LogP contribution in [0.25, 0.3) is 0 Å². The van der Waals surface area contributed by atoms with Gasteiger partial charge in [0.25, 0.3) is 0 Å². The van der Waals surface area contributed by atoms with E-state index in [4.69, 9.17) is 5.26 Å². The van der Waals surface area contributed by atoms with Crippen LogP contribution < -0.4 is 5.32 Å². The Morgan fingerprint density at radius 1 is 1.60 bits per heavy atom. The molecule has 1 atom stereocenters. The van der Waals surface area contributed by atoms with Crippen LogP contribution in [0.2, 0.25) is 0 Å². The van der Waals surface area contributed by atoms with Gasteiger partial charge in [0.05, 0.1) is 6.20 Å². The maximum absolute atomic E-state index is 12.6. The minimum Gasteiger partial charge on any atom is -0.369 e. The first-order valence-electron chi connectivity index (χ1n) is 4.32. The van der Waals surface area contributed by atoms with Crippen molar-refractivity contribution in [3.8, 4) is 6.07 Å². The molecule has 1 aliphatic rings. The van der Waals surface area contributed by atoms with Crippen molar-refractivity contribution in [2.45, 2.75) is 18.6 Å². The van der Waals surface area contributed by atoms with Crippen molar-refractivity contribution in [1.29, 1.82) is 5.26 Å². The lowest BCUT2D eigenvalue weighted by Crippen LogP contribution is -2.34. The minimum absolute atomic E-state index is 0.0664.